The zero-order valence-corrected chi connectivity index (χ0v) is 11.9. The minimum atomic E-state index is -0.547. The van der Waals surface area contributed by atoms with E-state index in [1.807, 2.05) is 6.92 Å². The number of nitrogens with zero attached hydrogens (tertiary/aromatic N) is 1. The van der Waals surface area contributed by atoms with Crippen LogP contribution in [-0.2, 0) is 0 Å². The zero-order chi connectivity index (χ0) is 13.5. The van der Waals surface area contributed by atoms with Crippen molar-refractivity contribution in [3.8, 4) is 0 Å². The first-order chi connectivity index (χ1) is 8.61. The molecule has 0 atom stereocenters. The van der Waals surface area contributed by atoms with Crippen LogP contribution in [0, 0.1) is 5.82 Å². The van der Waals surface area contributed by atoms with Crippen molar-refractivity contribution in [1.29, 1.82) is 0 Å². The van der Waals surface area contributed by atoms with Crippen LogP contribution in [-0.4, -0.2) is 35.6 Å². The maximum Gasteiger partial charge on any atom is 0.258 e. The number of aliphatic hydroxyl groups is 1. The van der Waals surface area contributed by atoms with E-state index >= 15 is 0 Å². The fourth-order valence-corrected chi connectivity index (χ4v) is 2.16. The van der Waals surface area contributed by atoms with E-state index in [2.05, 4.69) is 15.9 Å². The number of unbranched alkanes of at least 4 members (excludes halogenated alkanes) is 1. The Morgan fingerprint density at radius 3 is 2.72 bits per heavy atom. The number of benzene rings is 1. The van der Waals surface area contributed by atoms with Gasteiger partial charge in [-0.1, -0.05) is 19.4 Å². The molecule has 1 amide bonds. The van der Waals surface area contributed by atoms with Gasteiger partial charge in [0.05, 0.1) is 12.2 Å². The largest absolute Gasteiger partial charge is 0.395 e. The van der Waals surface area contributed by atoms with Gasteiger partial charge < -0.3 is 10.0 Å². The Kier molecular flexibility index (Phi) is 6.29. The van der Waals surface area contributed by atoms with Crippen LogP contribution in [0.2, 0.25) is 0 Å². The maximum absolute atomic E-state index is 13.7. The summed E-state index contributed by atoms with van der Waals surface area (Å²) in [4.78, 5) is 13.7. The van der Waals surface area contributed by atoms with Crippen LogP contribution in [0.3, 0.4) is 0 Å². The molecule has 3 nitrogen and oxygen atoms in total. The molecule has 1 rings (SSSR count). The van der Waals surface area contributed by atoms with Crippen LogP contribution >= 0.6 is 15.9 Å². The van der Waals surface area contributed by atoms with Crippen LogP contribution in [0.25, 0.3) is 0 Å². The Bertz CT molecular complexity index is 392. The molecule has 0 fully saturated rings. The van der Waals surface area contributed by atoms with Crippen LogP contribution in [0.15, 0.2) is 22.7 Å². The monoisotopic (exact) mass is 317 g/mol. The predicted molar refractivity (Wildman–Crippen MR) is 72.0 cm³/mol. The van der Waals surface area contributed by atoms with Gasteiger partial charge in [0.2, 0.25) is 0 Å². The maximum atomic E-state index is 13.7. The highest BCUT2D eigenvalue weighted by Gasteiger charge is 2.21. The first kappa shape index (κ1) is 15.1. The third-order valence-corrected chi connectivity index (χ3v) is 3.28. The van der Waals surface area contributed by atoms with E-state index in [0.717, 1.165) is 12.8 Å². The summed E-state index contributed by atoms with van der Waals surface area (Å²) in [5.41, 5.74) is 0.0297. The lowest BCUT2D eigenvalue weighted by Gasteiger charge is -2.22. The van der Waals surface area contributed by atoms with E-state index in [0.29, 0.717) is 11.0 Å². The van der Waals surface area contributed by atoms with Crippen molar-refractivity contribution < 1.29 is 14.3 Å². The number of aliphatic hydroxyl groups excluding tert-OH is 1. The number of carbonyl (C=O) groups excluding carboxylic acids is 1. The lowest BCUT2D eigenvalue weighted by Crippen LogP contribution is -2.35. The molecule has 0 bridgehead atoms. The van der Waals surface area contributed by atoms with Gasteiger partial charge in [-0.15, -0.1) is 0 Å². The van der Waals surface area contributed by atoms with E-state index in [-0.39, 0.29) is 24.6 Å². The van der Waals surface area contributed by atoms with Gasteiger partial charge in [-0.05, 0) is 34.5 Å². The summed E-state index contributed by atoms with van der Waals surface area (Å²) in [5, 5.41) is 8.97. The smallest absolute Gasteiger partial charge is 0.258 e. The molecule has 5 heteroatoms. The van der Waals surface area contributed by atoms with Gasteiger partial charge in [0.1, 0.15) is 5.82 Å². The number of amides is 1. The summed E-state index contributed by atoms with van der Waals surface area (Å²) >= 11 is 3.19. The van der Waals surface area contributed by atoms with Crippen molar-refractivity contribution in [2.75, 3.05) is 19.7 Å². The number of hydrogen-bond acceptors (Lipinski definition) is 2. The minimum absolute atomic E-state index is 0.0297. The zero-order valence-electron chi connectivity index (χ0n) is 10.3. The fraction of sp³-hybridized carbons (Fsp3) is 0.462. The molecule has 0 aliphatic carbocycles. The molecule has 0 aromatic heterocycles. The summed E-state index contributed by atoms with van der Waals surface area (Å²) in [5.74, 6) is -0.934. The van der Waals surface area contributed by atoms with Gasteiger partial charge >= 0.3 is 0 Å². The summed E-state index contributed by atoms with van der Waals surface area (Å²) in [6.45, 7) is 2.64. The van der Waals surface area contributed by atoms with Gasteiger partial charge in [-0.3, -0.25) is 4.79 Å². The molecule has 0 saturated heterocycles. The lowest BCUT2D eigenvalue weighted by atomic mass is 10.1. The molecule has 1 aromatic carbocycles. The molecule has 0 saturated carbocycles. The number of rotatable bonds is 6. The van der Waals surface area contributed by atoms with Crippen LogP contribution in [0.1, 0.15) is 30.1 Å². The Hall–Kier alpha value is -0.940. The van der Waals surface area contributed by atoms with Gasteiger partial charge in [-0.25, -0.2) is 4.39 Å². The van der Waals surface area contributed by atoms with Crippen molar-refractivity contribution in [2.24, 2.45) is 0 Å². The molecule has 18 heavy (non-hydrogen) atoms. The molecule has 0 spiro atoms. The van der Waals surface area contributed by atoms with Gasteiger partial charge in [-0.2, -0.15) is 0 Å². The molecular formula is C13H17BrFNO2. The van der Waals surface area contributed by atoms with Gasteiger partial charge in [0.25, 0.3) is 5.91 Å². The van der Waals surface area contributed by atoms with Gasteiger partial charge in [0.15, 0.2) is 0 Å². The van der Waals surface area contributed by atoms with Crippen LogP contribution < -0.4 is 0 Å². The highest BCUT2D eigenvalue weighted by molar-refractivity contribution is 9.10. The molecule has 1 N–H and O–H groups in total. The van der Waals surface area contributed by atoms with Crippen LogP contribution in [0.4, 0.5) is 4.39 Å². The average molecular weight is 318 g/mol. The van der Waals surface area contributed by atoms with Gasteiger partial charge in [0, 0.05) is 17.6 Å². The van der Waals surface area contributed by atoms with Crippen molar-refractivity contribution in [1.82, 2.24) is 4.90 Å². The summed E-state index contributed by atoms with van der Waals surface area (Å²) < 4.78 is 14.1. The molecule has 0 heterocycles. The van der Waals surface area contributed by atoms with E-state index in [1.165, 1.54) is 11.0 Å². The van der Waals surface area contributed by atoms with Crippen molar-refractivity contribution in [2.45, 2.75) is 19.8 Å². The van der Waals surface area contributed by atoms with E-state index in [4.69, 9.17) is 5.11 Å². The predicted octanol–water partition coefficient (Wildman–Crippen LogP) is 2.82. The number of carbonyl (C=O) groups is 1. The SMILES string of the molecule is CCCCN(CCO)C(=O)c1c(F)cccc1Br. The molecule has 1 aromatic rings. The Morgan fingerprint density at radius 1 is 1.44 bits per heavy atom. The third kappa shape index (κ3) is 3.78. The highest BCUT2D eigenvalue weighted by atomic mass is 79.9. The standard InChI is InChI=1S/C13H17BrFNO2/c1-2-3-7-16(8-9-17)13(18)12-10(14)5-4-6-11(12)15/h4-6,17H,2-3,7-9H2,1H3. The van der Waals surface area contributed by atoms with Crippen LogP contribution in [0.5, 0.6) is 0 Å². The number of hydrogen-bond donors (Lipinski definition) is 1. The summed E-state index contributed by atoms with van der Waals surface area (Å²) in [6.07, 6.45) is 1.77. The summed E-state index contributed by atoms with van der Waals surface area (Å²) in [6, 6.07) is 4.43. The lowest BCUT2D eigenvalue weighted by molar-refractivity contribution is 0.0713. The Balaban J connectivity index is 2.94. The summed E-state index contributed by atoms with van der Waals surface area (Å²) in [7, 11) is 0. The highest BCUT2D eigenvalue weighted by Crippen LogP contribution is 2.21. The Labute approximate surface area is 115 Å². The molecule has 0 radical (unpaired) electrons. The quantitative estimate of drug-likeness (QED) is 0.876. The molecule has 100 valence electrons. The average Bonchev–Trinajstić information content (AvgIpc) is 2.34. The fourth-order valence-electron chi connectivity index (χ4n) is 1.64. The van der Waals surface area contributed by atoms with Crippen molar-refractivity contribution in [3.05, 3.63) is 34.1 Å². The number of halogens is 2. The topological polar surface area (TPSA) is 40.5 Å². The van der Waals surface area contributed by atoms with E-state index in [9.17, 15) is 9.18 Å². The second-order valence-electron chi connectivity index (χ2n) is 3.97. The third-order valence-electron chi connectivity index (χ3n) is 2.62. The normalized spacial score (nSPS) is 10.4. The molecule has 0 unspecified atom stereocenters. The Morgan fingerprint density at radius 2 is 2.17 bits per heavy atom. The molecular weight excluding hydrogens is 301 g/mol. The first-order valence-electron chi connectivity index (χ1n) is 5.96. The second-order valence-corrected chi connectivity index (χ2v) is 4.82. The van der Waals surface area contributed by atoms with Crippen molar-refractivity contribution in [3.63, 3.8) is 0 Å². The second kappa shape index (κ2) is 7.48. The van der Waals surface area contributed by atoms with Crippen molar-refractivity contribution >= 4 is 21.8 Å². The molecule has 0 aliphatic rings. The minimum Gasteiger partial charge on any atom is -0.395 e. The molecule has 0 aliphatic heterocycles. The van der Waals surface area contributed by atoms with E-state index < -0.39 is 5.82 Å². The van der Waals surface area contributed by atoms with E-state index in [1.54, 1.807) is 12.1 Å². The first-order valence-corrected chi connectivity index (χ1v) is 6.75.